The molecule has 0 aromatic heterocycles. The second-order valence-electron chi connectivity index (χ2n) is 2.68. The molecule has 0 aliphatic heterocycles. The van der Waals surface area contributed by atoms with Crippen LogP contribution in [-0.4, -0.2) is 13.0 Å². The Morgan fingerprint density at radius 2 is 2.00 bits per heavy atom. The average Bonchev–Trinajstić information content (AvgIpc) is 2.11. The fraction of sp³-hybridized carbons (Fsp3) is 0.222. The number of carbonyl (C=O) groups is 1. The van der Waals surface area contributed by atoms with E-state index in [4.69, 9.17) is 5.73 Å². The first-order valence-corrected chi connectivity index (χ1v) is 3.85. The zero-order chi connectivity index (χ0) is 10.7. The van der Waals surface area contributed by atoms with Gasteiger partial charge in [0.25, 0.3) is 0 Å². The molecular weight excluding hydrogens is 192 g/mol. The lowest BCUT2D eigenvalue weighted by Crippen LogP contribution is -2.15. The molecule has 1 aromatic rings. The summed E-state index contributed by atoms with van der Waals surface area (Å²) in [5.41, 5.74) is 4.73. The fourth-order valence-corrected chi connectivity index (χ4v) is 1.13. The summed E-state index contributed by atoms with van der Waals surface area (Å²) < 4.78 is 30.8. The van der Waals surface area contributed by atoms with Gasteiger partial charge in [0.2, 0.25) is 5.91 Å². The first kappa shape index (κ1) is 10.4. The highest BCUT2D eigenvalue weighted by Gasteiger charge is 2.15. The first-order chi connectivity index (χ1) is 6.56. The van der Waals surface area contributed by atoms with Crippen molar-refractivity contribution in [3.63, 3.8) is 0 Å². The highest BCUT2D eigenvalue weighted by Crippen LogP contribution is 2.25. The average molecular weight is 201 g/mol. The van der Waals surface area contributed by atoms with Crippen LogP contribution in [0.3, 0.4) is 0 Å². The number of rotatable bonds is 3. The molecule has 14 heavy (non-hydrogen) atoms. The van der Waals surface area contributed by atoms with E-state index in [1.807, 2.05) is 0 Å². The normalized spacial score (nSPS) is 9.93. The van der Waals surface area contributed by atoms with Gasteiger partial charge in [-0.1, -0.05) is 0 Å². The third-order valence-electron chi connectivity index (χ3n) is 1.71. The monoisotopic (exact) mass is 201 g/mol. The Morgan fingerprint density at radius 3 is 2.50 bits per heavy atom. The molecule has 5 heteroatoms. The molecular formula is C9H9F2NO2. The largest absolute Gasteiger partial charge is 0.493 e. The van der Waals surface area contributed by atoms with Crippen LogP contribution in [-0.2, 0) is 11.2 Å². The number of nitrogens with two attached hydrogens (primary N) is 1. The number of amides is 1. The van der Waals surface area contributed by atoms with Crippen molar-refractivity contribution in [3.8, 4) is 5.75 Å². The number of hydrogen-bond donors (Lipinski definition) is 1. The second kappa shape index (κ2) is 4.04. The Balaban J connectivity index is 3.22. The molecule has 0 atom stereocenters. The van der Waals surface area contributed by atoms with Gasteiger partial charge in [-0.2, -0.15) is 0 Å². The van der Waals surface area contributed by atoms with E-state index in [-0.39, 0.29) is 17.7 Å². The van der Waals surface area contributed by atoms with Crippen molar-refractivity contribution in [2.45, 2.75) is 6.42 Å². The highest BCUT2D eigenvalue weighted by atomic mass is 19.1. The Bertz CT molecular complexity index is 366. The summed E-state index contributed by atoms with van der Waals surface area (Å²) in [5, 5.41) is 0. The predicted octanol–water partition coefficient (Wildman–Crippen LogP) is 1.00. The van der Waals surface area contributed by atoms with Gasteiger partial charge >= 0.3 is 0 Å². The summed E-state index contributed by atoms with van der Waals surface area (Å²) in [6.45, 7) is 0. The van der Waals surface area contributed by atoms with E-state index in [2.05, 4.69) is 4.74 Å². The number of halogens is 2. The number of primary amides is 1. The smallest absolute Gasteiger partial charge is 0.222 e. The van der Waals surface area contributed by atoms with E-state index in [1.54, 1.807) is 0 Å². The topological polar surface area (TPSA) is 52.3 Å². The molecule has 2 N–H and O–H groups in total. The summed E-state index contributed by atoms with van der Waals surface area (Å²) in [6.07, 6.45) is -0.382. The Hall–Kier alpha value is -1.65. The van der Waals surface area contributed by atoms with Crippen molar-refractivity contribution in [3.05, 3.63) is 29.3 Å². The lowest BCUT2D eigenvalue weighted by Gasteiger charge is -2.08. The van der Waals surface area contributed by atoms with Crippen LogP contribution in [0.4, 0.5) is 8.78 Å². The molecule has 76 valence electrons. The predicted molar refractivity (Wildman–Crippen MR) is 45.8 cm³/mol. The van der Waals surface area contributed by atoms with Crippen molar-refractivity contribution in [1.82, 2.24) is 0 Å². The SMILES string of the molecule is COc1c(F)ccc(F)c1CC(N)=O. The van der Waals surface area contributed by atoms with Crippen molar-refractivity contribution in [2.24, 2.45) is 5.73 Å². The molecule has 0 radical (unpaired) electrons. The van der Waals surface area contributed by atoms with Gasteiger partial charge in [0.15, 0.2) is 11.6 Å². The van der Waals surface area contributed by atoms with E-state index >= 15 is 0 Å². The zero-order valence-corrected chi connectivity index (χ0v) is 7.51. The molecule has 0 unspecified atom stereocenters. The second-order valence-corrected chi connectivity index (χ2v) is 2.68. The lowest BCUT2D eigenvalue weighted by atomic mass is 10.1. The zero-order valence-electron chi connectivity index (χ0n) is 7.51. The molecule has 3 nitrogen and oxygen atoms in total. The van der Waals surface area contributed by atoms with Crippen molar-refractivity contribution >= 4 is 5.91 Å². The van der Waals surface area contributed by atoms with E-state index in [9.17, 15) is 13.6 Å². The fourth-order valence-electron chi connectivity index (χ4n) is 1.13. The number of carbonyl (C=O) groups excluding carboxylic acids is 1. The Labute approximate surface area is 79.5 Å². The molecule has 1 amide bonds. The van der Waals surface area contributed by atoms with Gasteiger partial charge in [-0.3, -0.25) is 4.79 Å². The van der Waals surface area contributed by atoms with Gasteiger partial charge in [-0.15, -0.1) is 0 Å². The number of benzene rings is 1. The number of hydrogen-bond acceptors (Lipinski definition) is 2. The van der Waals surface area contributed by atoms with Crippen LogP contribution in [0.5, 0.6) is 5.75 Å². The van der Waals surface area contributed by atoms with Gasteiger partial charge in [-0.05, 0) is 12.1 Å². The summed E-state index contributed by atoms with van der Waals surface area (Å²) in [6, 6.07) is 1.86. The van der Waals surface area contributed by atoms with Gasteiger partial charge in [0.05, 0.1) is 13.5 Å². The van der Waals surface area contributed by atoms with Crippen molar-refractivity contribution in [2.75, 3.05) is 7.11 Å². The lowest BCUT2D eigenvalue weighted by molar-refractivity contribution is -0.117. The van der Waals surface area contributed by atoms with Gasteiger partial charge in [-0.25, -0.2) is 8.78 Å². The summed E-state index contributed by atoms with van der Waals surface area (Å²) >= 11 is 0. The minimum Gasteiger partial charge on any atom is -0.493 e. The van der Waals surface area contributed by atoms with Gasteiger partial charge in [0, 0.05) is 5.56 Å². The van der Waals surface area contributed by atoms with Gasteiger partial charge in [0.1, 0.15) is 5.82 Å². The van der Waals surface area contributed by atoms with Crippen LogP contribution >= 0.6 is 0 Å². The van der Waals surface area contributed by atoms with E-state index in [1.165, 1.54) is 7.11 Å². The molecule has 0 bridgehead atoms. The van der Waals surface area contributed by atoms with Crippen LogP contribution in [0.25, 0.3) is 0 Å². The van der Waals surface area contributed by atoms with Crippen molar-refractivity contribution < 1.29 is 18.3 Å². The third kappa shape index (κ3) is 1.99. The quantitative estimate of drug-likeness (QED) is 0.793. The van der Waals surface area contributed by atoms with Crippen LogP contribution in [0.2, 0.25) is 0 Å². The van der Waals surface area contributed by atoms with Gasteiger partial charge < -0.3 is 10.5 Å². The van der Waals surface area contributed by atoms with Crippen molar-refractivity contribution in [1.29, 1.82) is 0 Å². The van der Waals surface area contributed by atoms with Crippen LogP contribution in [0.15, 0.2) is 12.1 Å². The van der Waals surface area contributed by atoms with Crippen LogP contribution < -0.4 is 10.5 Å². The van der Waals surface area contributed by atoms with E-state index in [0.29, 0.717) is 0 Å². The highest BCUT2D eigenvalue weighted by molar-refractivity contribution is 5.77. The summed E-state index contributed by atoms with van der Waals surface area (Å²) in [7, 11) is 1.20. The molecule has 0 aliphatic carbocycles. The molecule has 1 aromatic carbocycles. The Kier molecular flexibility index (Phi) is 3.01. The molecule has 0 fully saturated rings. The summed E-state index contributed by atoms with van der Waals surface area (Å²) in [5.74, 6) is -2.44. The number of methoxy groups -OCH3 is 1. The molecule has 0 aliphatic rings. The summed E-state index contributed by atoms with van der Waals surface area (Å²) in [4.78, 5) is 10.6. The van der Waals surface area contributed by atoms with E-state index < -0.39 is 17.5 Å². The third-order valence-corrected chi connectivity index (χ3v) is 1.71. The maximum Gasteiger partial charge on any atom is 0.222 e. The molecule has 1 rings (SSSR count). The number of ether oxygens (including phenoxy) is 1. The standard InChI is InChI=1S/C9H9F2NO2/c1-14-9-5(4-8(12)13)6(10)2-3-7(9)11/h2-3H,4H2,1H3,(H2,12,13). The molecule has 0 saturated carbocycles. The molecule has 0 spiro atoms. The Morgan fingerprint density at radius 1 is 1.43 bits per heavy atom. The van der Waals surface area contributed by atoms with Crippen LogP contribution in [0.1, 0.15) is 5.56 Å². The molecule has 0 heterocycles. The van der Waals surface area contributed by atoms with Crippen LogP contribution in [0, 0.1) is 11.6 Å². The molecule has 0 saturated heterocycles. The first-order valence-electron chi connectivity index (χ1n) is 3.85. The minimum absolute atomic E-state index is 0.153. The maximum atomic E-state index is 13.1. The minimum atomic E-state index is -0.743. The maximum absolute atomic E-state index is 13.1. The van der Waals surface area contributed by atoms with E-state index in [0.717, 1.165) is 12.1 Å².